The van der Waals surface area contributed by atoms with Gasteiger partial charge in [0, 0.05) is 24.5 Å². The minimum absolute atomic E-state index is 0.402. The number of hydrogen-bond acceptors (Lipinski definition) is 4. The second-order valence-corrected chi connectivity index (χ2v) is 9.24. The second-order valence-electron chi connectivity index (χ2n) is 4.88. The van der Waals surface area contributed by atoms with E-state index in [-0.39, 0.29) is 0 Å². The summed E-state index contributed by atoms with van der Waals surface area (Å²) in [6, 6.07) is 1.79. The molecule has 1 N–H and O–H groups in total. The molecule has 0 saturated carbocycles. The fourth-order valence-corrected chi connectivity index (χ4v) is 6.06. The summed E-state index contributed by atoms with van der Waals surface area (Å²) < 4.78 is 27.7. The van der Waals surface area contributed by atoms with E-state index in [0.29, 0.717) is 28.3 Å². The maximum absolute atomic E-state index is 12.7. The van der Waals surface area contributed by atoms with Crippen molar-refractivity contribution < 1.29 is 8.42 Å². The minimum atomic E-state index is -3.39. The molecule has 0 bridgehead atoms. The summed E-state index contributed by atoms with van der Waals surface area (Å²) >= 11 is 4.90. The monoisotopic (exact) mass is 396 g/mol. The van der Waals surface area contributed by atoms with Gasteiger partial charge in [-0.15, -0.1) is 11.3 Å². The molecule has 122 valence electrons. The molecule has 0 amide bonds. The summed E-state index contributed by atoms with van der Waals surface area (Å²) in [5.41, 5.74) is 0. The molecule has 0 aliphatic rings. The van der Waals surface area contributed by atoms with Gasteiger partial charge in [0.1, 0.15) is 4.90 Å². The van der Waals surface area contributed by atoms with Crippen LogP contribution in [0.2, 0.25) is 0 Å². The summed E-state index contributed by atoms with van der Waals surface area (Å²) in [5.74, 6) is 0. The van der Waals surface area contributed by atoms with Crippen molar-refractivity contribution >= 4 is 37.3 Å². The fraction of sp³-hybridized carbons (Fsp3) is 0.714. The van der Waals surface area contributed by atoms with Gasteiger partial charge in [-0.2, -0.15) is 4.31 Å². The standard InChI is InChI=1S/C14H25BrN2O2S2/c1-4-7-9-17(6-3)21(18,19)13-10-12(20-14(13)15)11-16-8-5-2/h10,16H,4-9,11H2,1-3H3. The van der Waals surface area contributed by atoms with E-state index < -0.39 is 10.0 Å². The lowest BCUT2D eigenvalue weighted by atomic mass is 10.3. The Labute approximate surface area is 141 Å². The van der Waals surface area contributed by atoms with Crippen molar-refractivity contribution in [1.29, 1.82) is 0 Å². The second kappa shape index (κ2) is 9.25. The van der Waals surface area contributed by atoms with Crippen LogP contribution in [-0.2, 0) is 16.6 Å². The van der Waals surface area contributed by atoms with Crippen LogP contribution >= 0.6 is 27.3 Å². The van der Waals surface area contributed by atoms with E-state index in [9.17, 15) is 8.42 Å². The van der Waals surface area contributed by atoms with Gasteiger partial charge in [0.05, 0.1) is 3.79 Å². The van der Waals surface area contributed by atoms with Gasteiger partial charge in [0.15, 0.2) is 0 Å². The van der Waals surface area contributed by atoms with Crippen LogP contribution in [0.15, 0.2) is 14.7 Å². The van der Waals surface area contributed by atoms with E-state index >= 15 is 0 Å². The van der Waals surface area contributed by atoms with Crippen molar-refractivity contribution in [1.82, 2.24) is 9.62 Å². The van der Waals surface area contributed by atoms with E-state index in [1.807, 2.05) is 6.92 Å². The Bertz CT molecular complexity index is 529. The van der Waals surface area contributed by atoms with Crippen LogP contribution in [0, 0.1) is 0 Å². The molecule has 1 rings (SSSR count). The Hall–Kier alpha value is 0.0500. The zero-order chi connectivity index (χ0) is 15.9. The van der Waals surface area contributed by atoms with E-state index in [4.69, 9.17) is 0 Å². The third-order valence-electron chi connectivity index (χ3n) is 3.16. The van der Waals surface area contributed by atoms with E-state index in [2.05, 4.69) is 35.1 Å². The quantitative estimate of drug-likeness (QED) is 0.611. The number of hydrogen-bond donors (Lipinski definition) is 1. The molecule has 1 aromatic rings. The Balaban J connectivity index is 2.91. The lowest BCUT2D eigenvalue weighted by molar-refractivity contribution is 0.419. The predicted octanol–water partition coefficient (Wildman–Crippen LogP) is 3.82. The zero-order valence-electron chi connectivity index (χ0n) is 13.0. The predicted molar refractivity (Wildman–Crippen MR) is 93.4 cm³/mol. The molecule has 4 nitrogen and oxygen atoms in total. The molecule has 0 atom stereocenters. The van der Waals surface area contributed by atoms with Gasteiger partial charge in [0.25, 0.3) is 0 Å². The summed E-state index contributed by atoms with van der Waals surface area (Å²) in [6.45, 7) is 8.81. The van der Waals surface area contributed by atoms with Crippen LogP contribution in [0.4, 0.5) is 0 Å². The van der Waals surface area contributed by atoms with Crippen LogP contribution in [0.1, 0.15) is 44.9 Å². The minimum Gasteiger partial charge on any atom is -0.312 e. The zero-order valence-corrected chi connectivity index (χ0v) is 16.2. The van der Waals surface area contributed by atoms with Crippen molar-refractivity contribution in [3.05, 3.63) is 14.7 Å². The third kappa shape index (κ3) is 5.32. The highest BCUT2D eigenvalue weighted by molar-refractivity contribution is 9.11. The van der Waals surface area contributed by atoms with Gasteiger partial charge in [-0.25, -0.2) is 8.42 Å². The Kier molecular flexibility index (Phi) is 8.41. The molecule has 0 aromatic carbocycles. The van der Waals surface area contributed by atoms with E-state index in [1.54, 1.807) is 10.4 Å². The van der Waals surface area contributed by atoms with Crippen molar-refractivity contribution in [2.24, 2.45) is 0 Å². The van der Waals surface area contributed by atoms with Crippen molar-refractivity contribution in [3.8, 4) is 0 Å². The van der Waals surface area contributed by atoms with Gasteiger partial charge < -0.3 is 5.32 Å². The third-order valence-corrected chi connectivity index (χ3v) is 7.39. The highest BCUT2D eigenvalue weighted by atomic mass is 79.9. The Morgan fingerprint density at radius 3 is 2.57 bits per heavy atom. The summed E-state index contributed by atoms with van der Waals surface area (Å²) in [4.78, 5) is 1.44. The molecule has 0 unspecified atom stereocenters. The van der Waals surface area contributed by atoms with Crippen LogP contribution in [0.3, 0.4) is 0 Å². The molecular formula is C14H25BrN2O2S2. The van der Waals surface area contributed by atoms with Gasteiger partial charge in [0.2, 0.25) is 10.0 Å². The lowest BCUT2D eigenvalue weighted by Crippen LogP contribution is -2.31. The highest BCUT2D eigenvalue weighted by Crippen LogP contribution is 2.33. The number of unbranched alkanes of at least 4 members (excludes halogenated alkanes) is 1. The number of sulfonamides is 1. The Morgan fingerprint density at radius 2 is 2.00 bits per heavy atom. The van der Waals surface area contributed by atoms with Crippen LogP contribution in [0.25, 0.3) is 0 Å². The van der Waals surface area contributed by atoms with Crippen molar-refractivity contribution in [3.63, 3.8) is 0 Å². The lowest BCUT2D eigenvalue weighted by Gasteiger charge is -2.19. The molecule has 0 aliphatic carbocycles. The number of rotatable bonds is 10. The fourth-order valence-electron chi connectivity index (χ4n) is 1.97. The molecule has 0 radical (unpaired) electrons. The number of nitrogens with zero attached hydrogens (tertiary/aromatic N) is 1. The van der Waals surface area contributed by atoms with Gasteiger partial charge in [-0.1, -0.05) is 27.2 Å². The number of nitrogens with one attached hydrogen (secondary N) is 1. The molecule has 1 aromatic heterocycles. The first-order valence-electron chi connectivity index (χ1n) is 7.46. The molecule has 7 heteroatoms. The molecule has 0 fully saturated rings. The van der Waals surface area contributed by atoms with Gasteiger partial charge in [-0.3, -0.25) is 0 Å². The van der Waals surface area contributed by atoms with Gasteiger partial charge >= 0.3 is 0 Å². The molecule has 0 spiro atoms. The number of thiophene rings is 1. The van der Waals surface area contributed by atoms with Crippen molar-refractivity contribution in [2.45, 2.75) is 51.5 Å². The Morgan fingerprint density at radius 1 is 1.29 bits per heavy atom. The van der Waals surface area contributed by atoms with Crippen LogP contribution in [0.5, 0.6) is 0 Å². The summed E-state index contributed by atoms with van der Waals surface area (Å²) in [5, 5.41) is 3.30. The first-order chi connectivity index (χ1) is 9.97. The first-order valence-corrected chi connectivity index (χ1v) is 10.5. The normalized spacial score (nSPS) is 12.2. The van der Waals surface area contributed by atoms with Crippen molar-refractivity contribution in [2.75, 3.05) is 19.6 Å². The van der Waals surface area contributed by atoms with Crippen LogP contribution in [-0.4, -0.2) is 32.4 Å². The molecular weight excluding hydrogens is 372 g/mol. The molecule has 1 heterocycles. The summed E-state index contributed by atoms with van der Waals surface area (Å²) in [6.07, 6.45) is 2.95. The largest absolute Gasteiger partial charge is 0.312 e. The average molecular weight is 397 g/mol. The number of halogens is 1. The highest BCUT2D eigenvalue weighted by Gasteiger charge is 2.26. The maximum atomic E-state index is 12.7. The SMILES string of the molecule is CCCCN(CC)S(=O)(=O)c1cc(CNCCC)sc1Br. The smallest absolute Gasteiger partial charge is 0.245 e. The topological polar surface area (TPSA) is 49.4 Å². The van der Waals surface area contributed by atoms with E-state index in [1.165, 1.54) is 11.3 Å². The van der Waals surface area contributed by atoms with Gasteiger partial charge in [-0.05, 0) is 41.4 Å². The maximum Gasteiger partial charge on any atom is 0.245 e. The molecule has 21 heavy (non-hydrogen) atoms. The molecule has 0 saturated heterocycles. The average Bonchev–Trinajstić information content (AvgIpc) is 2.81. The van der Waals surface area contributed by atoms with E-state index in [0.717, 1.165) is 30.7 Å². The molecule has 0 aliphatic heterocycles. The van der Waals surface area contributed by atoms with Crippen LogP contribution < -0.4 is 5.32 Å². The first kappa shape index (κ1) is 19.1. The summed E-state index contributed by atoms with van der Waals surface area (Å²) in [7, 11) is -3.39.